The molecule has 4 amide bonds. The number of nitrogens with one attached hydrogen (secondary N) is 4. The molecule has 0 fully saturated rings. The number of urea groups is 1. The van der Waals surface area contributed by atoms with Crippen LogP contribution in [-0.4, -0.2) is 53.6 Å². The van der Waals surface area contributed by atoms with Gasteiger partial charge in [0.1, 0.15) is 0 Å². The third-order valence-electron chi connectivity index (χ3n) is 4.23. The third kappa shape index (κ3) is 5.71. The highest BCUT2D eigenvalue weighted by Crippen LogP contribution is 2.23. The first-order valence-electron chi connectivity index (χ1n) is 9.01. The molecule has 0 unspecified atom stereocenters. The number of anilines is 2. The van der Waals surface area contributed by atoms with Gasteiger partial charge in [-0.15, -0.1) is 0 Å². The highest BCUT2D eigenvalue weighted by Gasteiger charge is 2.16. The monoisotopic (exact) mass is 420 g/mol. The lowest BCUT2D eigenvalue weighted by Gasteiger charge is -2.12. The van der Waals surface area contributed by atoms with Crippen molar-refractivity contribution < 1.29 is 14.4 Å². The minimum absolute atomic E-state index is 0.133. The van der Waals surface area contributed by atoms with Crippen LogP contribution in [-0.2, 0) is 4.79 Å². The highest BCUT2D eigenvalue weighted by molar-refractivity contribution is 6.34. The van der Waals surface area contributed by atoms with E-state index >= 15 is 0 Å². The van der Waals surface area contributed by atoms with Gasteiger partial charge in [-0.05, 0) is 31.0 Å². The second-order valence-electron chi connectivity index (χ2n) is 7.01. The van der Waals surface area contributed by atoms with Crippen LogP contribution in [0.2, 0.25) is 5.02 Å². The standard InChI is InChI=1S/C19H25ClN6O3/c1-10(2)16-11(3)17(25-24-16)23-19(29)22-12-6-7-13(14(20)8-12)18(28)21-9-15(27)26(4)5/h6-8,10H,9H2,1-5H3,(H,21,28)(H3,22,23,24,25,29). The summed E-state index contributed by atoms with van der Waals surface area (Å²) in [7, 11) is 3.20. The van der Waals surface area contributed by atoms with Crippen molar-refractivity contribution >= 4 is 41.0 Å². The fraction of sp³-hybridized carbons (Fsp3) is 0.368. The average Bonchev–Trinajstić information content (AvgIpc) is 2.99. The van der Waals surface area contributed by atoms with Gasteiger partial charge in [-0.2, -0.15) is 5.10 Å². The first-order valence-corrected chi connectivity index (χ1v) is 9.38. The van der Waals surface area contributed by atoms with Crippen LogP contribution in [0.4, 0.5) is 16.3 Å². The van der Waals surface area contributed by atoms with Gasteiger partial charge in [-0.1, -0.05) is 25.4 Å². The van der Waals surface area contributed by atoms with Crippen LogP contribution >= 0.6 is 11.6 Å². The zero-order valence-electron chi connectivity index (χ0n) is 17.0. The van der Waals surface area contributed by atoms with Crippen LogP contribution in [0.1, 0.15) is 41.4 Å². The number of carbonyl (C=O) groups is 3. The van der Waals surface area contributed by atoms with E-state index in [1.54, 1.807) is 20.2 Å². The number of halogens is 1. The number of hydrogen-bond donors (Lipinski definition) is 4. The number of hydrogen-bond acceptors (Lipinski definition) is 4. The molecule has 0 atom stereocenters. The zero-order valence-corrected chi connectivity index (χ0v) is 17.8. The van der Waals surface area contributed by atoms with Crippen molar-refractivity contribution in [2.24, 2.45) is 0 Å². The van der Waals surface area contributed by atoms with Gasteiger partial charge in [-0.25, -0.2) is 4.79 Å². The fourth-order valence-corrected chi connectivity index (χ4v) is 2.82. The van der Waals surface area contributed by atoms with E-state index in [0.717, 1.165) is 11.3 Å². The van der Waals surface area contributed by atoms with E-state index in [-0.39, 0.29) is 29.0 Å². The SMILES string of the molecule is Cc1c(NC(=O)Nc2ccc(C(=O)NCC(=O)N(C)C)c(Cl)c2)n[nH]c1C(C)C. The molecule has 2 aromatic rings. The highest BCUT2D eigenvalue weighted by atomic mass is 35.5. The number of amides is 4. The molecule has 0 aliphatic rings. The van der Waals surface area contributed by atoms with Crippen molar-refractivity contribution in [2.75, 3.05) is 31.3 Å². The maximum absolute atomic E-state index is 12.2. The van der Waals surface area contributed by atoms with Crippen LogP contribution in [0.25, 0.3) is 0 Å². The summed E-state index contributed by atoms with van der Waals surface area (Å²) in [5.74, 6) is -0.0150. The van der Waals surface area contributed by atoms with Gasteiger partial charge in [0.05, 0.1) is 17.1 Å². The van der Waals surface area contributed by atoms with Crippen molar-refractivity contribution in [1.82, 2.24) is 20.4 Å². The van der Waals surface area contributed by atoms with E-state index in [4.69, 9.17) is 11.6 Å². The van der Waals surface area contributed by atoms with Crippen molar-refractivity contribution in [3.05, 3.63) is 40.0 Å². The molecule has 9 nitrogen and oxygen atoms in total. The number of rotatable bonds is 6. The van der Waals surface area contributed by atoms with E-state index in [2.05, 4.69) is 26.1 Å². The molecule has 0 radical (unpaired) electrons. The number of nitrogens with zero attached hydrogens (tertiary/aromatic N) is 2. The summed E-state index contributed by atoms with van der Waals surface area (Å²) in [5.41, 5.74) is 2.43. The molecule has 0 spiro atoms. The molecule has 4 N–H and O–H groups in total. The summed E-state index contributed by atoms with van der Waals surface area (Å²) in [4.78, 5) is 37.4. The molecule has 0 bridgehead atoms. The first-order chi connectivity index (χ1) is 13.6. The molecule has 1 aromatic heterocycles. The van der Waals surface area contributed by atoms with Crippen molar-refractivity contribution in [2.45, 2.75) is 26.7 Å². The first kappa shape index (κ1) is 22.2. The summed E-state index contributed by atoms with van der Waals surface area (Å²) in [6, 6.07) is 4.00. The Balaban J connectivity index is 2.00. The normalized spacial score (nSPS) is 10.6. The van der Waals surface area contributed by atoms with Gasteiger partial charge in [0.2, 0.25) is 5.91 Å². The number of carbonyl (C=O) groups excluding carboxylic acids is 3. The Morgan fingerprint density at radius 1 is 1.21 bits per heavy atom. The third-order valence-corrected chi connectivity index (χ3v) is 4.54. The minimum Gasteiger partial charge on any atom is -0.347 e. The topological polar surface area (TPSA) is 119 Å². The number of H-pyrrole nitrogens is 1. The van der Waals surface area contributed by atoms with E-state index in [1.165, 1.54) is 17.0 Å². The Hall–Kier alpha value is -3.07. The number of benzene rings is 1. The summed E-state index contributed by atoms with van der Waals surface area (Å²) in [6.45, 7) is 5.80. The lowest BCUT2D eigenvalue weighted by Crippen LogP contribution is -2.36. The molecule has 1 heterocycles. The molecule has 0 saturated carbocycles. The summed E-state index contributed by atoms with van der Waals surface area (Å²) in [6.07, 6.45) is 0. The predicted octanol–water partition coefficient (Wildman–Crippen LogP) is 2.96. The second kappa shape index (κ2) is 9.42. The Morgan fingerprint density at radius 3 is 2.45 bits per heavy atom. The van der Waals surface area contributed by atoms with Crippen LogP contribution < -0.4 is 16.0 Å². The molecule has 0 aliphatic heterocycles. The summed E-state index contributed by atoms with van der Waals surface area (Å²) in [5, 5.41) is 15.0. The van der Waals surface area contributed by atoms with Gasteiger partial charge in [0.15, 0.2) is 5.82 Å². The lowest BCUT2D eigenvalue weighted by atomic mass is 10.1. The number of aromatic amines is 1. The maximum atomic E-state index is 12.2. The van der Waals surface area contributed by atoms with Gasteiger partial charge in [0, 0.05) is 31.0 Å². The molecule has 156 valence electrons. The lowest BCUT2D eigenvalue weighted by molar-refractivity contribution is -0.127. The zero-order chi connectivity index (χ0) is 21.7. The van der Waals surface area contributed by atoms with E-state index in [9.17, 15) is 14.4 Å². The molecule has 1 aromatic carbocycles. The Bertz CT molecular complexity index is 923. The molecule has 10 heteroatoms. The molecular weight excluding hydrogens is 396 g/mol. The molecule has 2 rings (SSSR count). The van der Waals surface area contributed by atoms with Crippen LogP contribution in [0, 0.1) is 6.92 Å². The Morgan fingerprint density at radius 2 is 1.90 bits per heavy atom. The van der Waals surface area contributed by atoms with Crippen molar-refractivity contribution in [3.8, 4) is 0 Å². The molecule has 29 heavy (non-hydrogen) atoms. The van der Waals surface area contributed by atoms with E-state index in [1.807, 2.05) is 20.8 Å². The Labute approximate surface area is 174 Å². The second-order valence-corrected chi connectivity index (χ2v) is 7.42. The van der Waals surface area contributed by atoms with Gasteiger partial charge in [0.25, 0.3) is 5.91 Å². The van der Waals surface area contributed by atoms with Gasteiger partial charge >= 0.3 is 6.03 Å². The Kier molecular flexibility index (Phi) is 7.22. The quantitative estimate of drug-likeness (QED) is 0.574. The van der Waals surface area contributed by atoms with Gasteiger partial charge < -0.3 is 15.5 Å². The van der Waals surface area contributed by atoms with E-state index < -0.39 is 11.9 Å². The van der Waals surface area contributed by atoms with Crippen molar-refractivity contribution in [3.63, 3.8) is 0 Å². The number of aromatic nitrogens is 2. The molecule has 0 aliphatic carbocycles. The van der Waals surface area contributed by atoms with Gasteiger partial charge in [-0.3, -0.25) is 20.0 Å². The molecular formula is C19H25ClN6O3. The van der Waals surface area contributed by atoms with Crippen LogP contribution in [0.15, 0.2) is 18.2 Å². The number of likely N-dealkylation sites (N-methyl/N-ethyl adjacent to an activating group) is 1. The molecule has 0 saturated heterocycles. The average molecular weight is 421 g/mol. The van der Waals surface area contributed by atoms with Crippen LogP contribution in [0.3, 0.4) is 0 Å². The maximum Gasteiger partial charge on any atom is 0.324 e. The fourth-order valence-electron chi connectivity index (χ4n) is 2.55. The van der Waals surface area contributed by atoms with Crippen molar-refractivity contribution in [1.29, 1.82) is 0 Å². The largest absolute Gasteiger partial charge is 0.347 e. The minimum atomic E-state index is -0.486. The van der Waals surface area contributed by atoms with Crippen LogP contribution in [0.5, 0.6) is 0 Å². The summed E-state index contributed by atoms with van der Waals surface area (Å²) >= 11 is 6.16. The summed E-state index contributed by atoms with van der Waals surface area (Å²) < 4.78 is 0. The van der Waals surface area contributed by atoms with E-state index in [0.29, 0.717) is 11.5 Å². The smallest absolute Gasteiger partial charge is 0.324 e. The predicted molar refractivity (Wildman–Crippen MR) is 113 cm³/mol.